The van der Waals surface area contributed by atoms with Crippen molar-refractivity contribution < 1.29 is 8.76 Å². The van der Waals surface area contributed by atoms with E-state index in [4.69, 9.17) is 9.54 Å². The highest BCUT2D eigenvalue weighted by Crippen LogP contribution is 2.32. The van der Waals surface area contributed by atoms with Crippen LogP contribution in [-0.2, 0) is 31.3 Å². The van der Waals surface area contributed by atoms with Crippen LogP contribution in [0.1, 0.15) is 17.0 Å². The molecule has 0 amide bonds. The van der Waals surface area contributed by atoms with Crippen LogP contribution >= 0.6 is 15.9 Å². The highest BCUT2D eigenvalue weighted by atomic mass is 79.9. The maximum absolute atomic E-state index is 12.6. The van der Waals surface area contributed by atoms with E-state index in [0.29, 0.717) is 25.0 Å². The van der Waals surface area contributed by atoms with Gasteiger partial charge in [0.25, 0.3) is 5.56 Å². The van der Waals surface area contributed by atoms with E-state index in [1.165, 1.54) is 0 Å². The zero-order chi connectivity index (χ0) is 24.7. The number of imidazole rings is 1. The molecule has 3 N–H and O–H groups in total. The highest BCUT2D eigenvalue weighted by Gasteiger charge is 2.17. The van der Waals surface area contributed by atoms with Crippen molar-refractivity contribution in [1.82, 2.24) is 23.8 Å². The van der Waals surface area contributed by atoms with Gasteiger partial charge in [-0.2, -0.15) is 0 Å². The van der Waals surface area contributed by atoms with Crippen LogP contribution in [0.25, 0.3) is 33.1 Å². The molecular formula is C25H24BrN5O3S. The lowest BCUT2D eigenvalue weighted by molar-refractivity contribution is 0.549. The number of rotatable bonds is 7. The van der Waals surface area contributed by atoms with Gasteiger partial charge in [0.2, 0.25) is 11.3 Å². The Morgan fingerprint density at radius 2 is 1.97 bits per heavy atom. The molecule has 0 fully saturated rings. The van der Waals surface area contributed by atoms with Crippen molar-refractivity contribution >= 4 is 49.1 Å². The normalized spacial score (nSPS) is 12.6. The molecule has 0 bridgehead atoms. The number of nitrogens with zero attached hydrogens (tertiary/aromatic N) is 3. The van der Waals surface area contributed by atoms with Crippen molar-refractivity contribution in [2.45, 2.75) is 19.9 Å². The number of fused-ring (bicyclic) bond motifs is 2. The number of hydrogen-bond donors (Lipinski definition) is 3. The number of benzene rings is 2. The summed E-state index contributed by atoms with van der Waals surface area (Å²) < 4.78 is 27.7. The lowest BCUT2D eigenvalue weighted by atomic mass is 9.99. The minimum Gasteiger partial charge on any atom is -0.357 e. The zero-order valence-electron chi connectivity index (χ0n) is 19.2. The molecule has 3 heterocycles. The molecule has 180 valence electrons. The SMILES string of the molecule is Cc1nc2c(CCNS(=O)O)cc(-c3cn(C)c(=O)c4[nH]ccc34)cc2n1Cc1ccc(Br)cc1. The van der Waals surface area contributed by atoms with Crippen LogP contribution in [0, 0.1) is 6.92 Å². The second-order valence-electron chi connectivity index (χ2n) is 8.49. The number of aromatic nitrogens is 4. The van der Waals surface area contributed by atoms with Crippen LogP contribution in [0.3, 0.4) is 0 Å². The van der Waals surface area contributed by atoms with Crippen LogP contribution < -0.4 is 10.3 Å². The first-order chi connectivity index (χ1) is 16.8. The molecule has 0 aliphatic heterocycles. The first kappa shape index (κ1) is 23.7. The number of hydrogen-bond acceptors (Lipinski definition) is 3. The molecule has 3 aromatic heterocycles. The second-order valence-corrected chi connectivity index (χ2v) is 10.2. The molecule has 35 heavy (non-hydrogen) atoms. The maximum atomic E-state index is 12.6. The minimum absolute atomic E-state index is 0.0826. The highest BCUT2D eigenvalue weighted by molar-refractivity contribution is 9.10. The number of aryl methyl sites for hydroxylation is 2. The summed E-state index contributed by atoms with van der Waals surface area (Å²) >= 11 is 1.41. The monoisotopic (exact) mass is 553 g/mol. The van der Waals surface area contributed by atoms with E-state index in [2.05, 4.69) is 54.5 Å². The predicted molar refractivity (Wildman–Crippen MR) is 143 cm³/mol. The number of aromatic amines is 1. The van der Waals surface area contributed by atoms with E-state index in [1.807, 2.05) is 31.3 Å². The fraction of sp³-hybridized carbons (Fsp3) is 0.200. The first-order valence-corrected chi connectivity index (χ1v) is 13.0. The third-order valence-corrected chi connectivity index (χ3v) is 7.18. The molecule has 0 aliphatic rings. The Kier molecular flexibility index (Phi) is 6.45. The van der Waals surface area contributed by atoms with Gasteiger partial charge in [0.05, 0.1) is 11.0 Å². The van der Waals surface area contributed by atoms with Crippen LogP contribution in [0.2, 0.25) is 0 Å². The van der Waals surface area contributed by atoms with Gasteiger partial charge in [-0.1, -0.05) is 28.1 Å². The molecular weight excluding hydrogens is 530 g/mol. The fourth-order valence-electron chi connectivity index (χ4n) is 4.50. The van der Waals surface area contributed by atoms with Gasteiger partial charge in [-0.15, -0.1) is 0 Å². The van der Waals surface area contributed by atoms with Crippen molar-refractivity contribution in [2.75, 3.05) is 6.54 Å². The Morgan fingerprint density at radius 1 is 1.20 bits per heavy atom. The minimum atomic E-state index is -2.08. The molecule has 1 atom stereocenters. The molecule has 2 aromatic carbocycles. The molecule has 0 radical (unpaired) electrons. The van der Waals surface area contributed by atoms with Crippen molar-refractivity contribution in [2.24, 2.45) is 7.05 Å². The summed E-state index contributed by atoms with van der Waals surface area (Å²) in [5, 5.41) is 0.851. The number of pyridine rings is 1. The third-order valence-electron chi connectivity index (χ3n) is 6.20. The number of H-pyrrole nitrogens is 1. The van der Waals surface area contributed by atoms with Gasteiger partial charge in [0.15, 0.2) is 0 Å². The van der Waals surface area contributed by atoms with E-state index in [-0.39, 0.29) is 5.56 Å². The van der Waals surface area contributed by atoms with Crippen molar-refractivity contribution in [3.63, 3.8) is 0 Å². The van der Waals surface area contributed by atoms with E-state index in [0.717, 1.165) is 49.0 Å². The van der Waals surface area contributed by atoms with Crippen molar-refractivity contribution in [3.05, 3.63) is 86.6 Å². The van der Waals surface area contributed by atoms with Gasteiger partial charge in [-0.25, -0.2) is 13.9 Å². The topological polar surface area (TPSA) is 105 Å². The largest absolute Gasteiger partial charge is 0.357 e. The van der Waals surface area contributed by atoms with Gasteiger partial charge >= 0.3 is 0 Å². The molecule has 5 rings (SSSR count). The number of nitrogens with one attached hydrogen (secondary N) is 2. The summed E-state index contributed by atoms with van der Waals surface area (Å²) in [6.45, 7) is 2.97. The summed E-state index contributed by atoms with van der Waals surface area (Å²) in [6.07, 6.45) is 4.15. The van der Waals surface area contributed by atoms with Crippen molar-refractivity contribution in [1.29, 1.82) is 0 Å². The summed E-state index contributed by atoms with van der Waals surface area (Å²) in [5.41, 5.74) is 6.31. The Labute approximate surface area is 212 Å². The van der Waals surface area contributed by atoms with Crippen LogP contribution in [0.4, 0.5) is 0 Å². The predicted octanol–water partition coefficient (Wildman–Crippen LogP) is 4.27. The molecule has 0 saturated carbocycles. The molecule has 5 aromatic rings. The zero-order valence-corrected chi connectivity index (χ0v) is 21.6. The summed E-state index contributed by atoms with van der Waals surface area (Å²) in [7, 11) is 1.74. The molecule has 0 spiro atoms. The average molecular weight is 554 g/mol. The summed E-state index contributed by atoms with van der Waals surface area (Å²) in [5.74, 6) is 0.882. The Bertz CT molecular complexity index is 1640. The van der Waals surface area contributed by atoms with Crippen LogP contribution in [0.15, 0.2) is 64.1 Å². The summed E-state index contributed by atoms with van der Waals surface area (Å²) in [4.78, 5) is 20.5. The van der Waals surface area contributed by atoms with Gasteiger partial charge in [0.1, 0.15) is 11.3 Å². The van der Waals surface area contributed by atoms with Gasteiger partial charge < -0.3 is 14.1 Å². The van der Waals surface area contributed by atoms with E-state index >= 15 is 0 Å². The first-order valence-electron chi connectivity index (χ1n) is 11.1. The Hall–Kier alpha value is -3.05. The Morgan fingerprint density at radius 3 is 2.71 bits per heavy atom. The average Bonchev–Trinajstić information content (AvgIpc) is 3.43. The molecule has 8 nitrogen and oxygen atoms in total. The second kappa shape index (κ2) is 9.54. The van der Waals surface area contributed by atoms with Crippen LogP contribution in [0.5, 0.6) is 0 Å². The van der Waals surface area contributed by atoms with Gasteiger partial charge in [-0.05, 0) is 60.4 Å². The third kappa shape index (κ3) is 4.62. The molecule has 0 saturated heterocycles. The summed E-state index contributed by atoms with van der Waals surface area (Å²) in [6, 6.07) is 14.3. The maximum Gasteiger partial charge on any atom is 0.274 e. The standard InChI is InChI=1S/C25H24BrN5O3S/c1-15-29-23-17(7-10-28-35(33)34)11-18(21-14-30(2)25(32)24-20(21)8-9-27-24)12-22(23)31(15)13-16-3-5-19(26)6-4-16/h3-6,8-9,11-12,14,27-28H,7,10,13H2,1-2H3,(H,33,34). The van der Waals surface area contributed by atoms with E-state index < -0.39 is 11.3 Å². The van der Waals surface area contributed by atoms with Crippen LogP contribution in [-0.4, -0.2) is 34.4 Å². The lowest BCUT2D eigenvalue weighted by Gasteiger charge is -2.12. The smallest absolute Gasteiger partial charge is 0.274 e. The molecule has 1 unspecified atom stereocenters. The van der Waals surface area contributed by atoms with E-state index in [1.54, 1.807) is 17.8 Å². The fourth-order valence-corrected chi connectivity index (χ4v) is 5.04. The molecule has 10 heteroatoms. The lowest BCUT2D eigenvalue weighted by Crippen LogP contribution is -2.19. The number of halogens is 1. The molecule has 0 aliphatic carbocycles. The quantitative estimate of drug-likeness (QED) is 0.262. The Balaban J connectivity index is 1.70. The van der Waals surface area contributed by atoms with E-state index in [9.17, 15) is 9.00 Å². The van der Waals surface area contributed by atoms with Gasteiger partial charge in [0, 0.05) is 48.0 Å². The van der Waals surface area contributed by atoms with Crippen molar-refractivity contribution in [3.8, 4) is 11.1 Å². The van der Waals surface area contributed by atoms with Gasteiger partial charge in [-0.3, -0.25) is 9.35 Å².